The Hall–Kier alpha value is -0.980. The molecule has 0 saturated heterocycles. The average Bonchev–Trinajstić information content (AvgIpc) is 2.64. The molecule has 0 aliphatic heterocycles. The lowest BCUT2D eigenvalue weighted by Gasteiger charge is -2.12. The molecule has 0 radical (unpaired) electrons. The summed E-state index contributed by atoms with van der Waals surface area (Å²) >= 11 is 0. The molecule has 0 amide bonds. The van der Waals surface area contributed by atoms with Gasteiger partial charge in [-0.1, -0.05) is 0 Å². The number of nitrogens with zero attached hydrogens (tertiary/aromatic N) is 1. The van der Waals surface area contributed by atoms with Crippen LogP contribution >= 0.6 is 0 Å². The summed E-state index contributed by atoms with van der Waals surface area (Å²) in [5.74, 6) is 0. The van der Waals surface area contributed by atoms with Crippen molar-refractivity contribution in [1.29, 1.82) is 0 Å². The maximum Gasteiger partial charge on any atom is 0.240 e. The molecule has 1 fully saturated rings. The first-order chi connectivity index (χ1) is 7.58. The fourth-order valence-corrected chi connectivity index (χ4v) is 3.20. The molecule has 0 bridgehead atoms. The van der Waals surface area contributed by atoms with Crippen molar-refractivity contribution in [2.24, 2.45) is 5.73 Å². The van der Waals surface area contributed by atoms with Crippen LogP contribution in [0.3, 0.4) is 0 Å². The number of pyridine rings is 1. The van der Waals surface area contributed by atoms with Crippen molar-refractivity contribution >= 4 is 10.0 Å². The van der Waals surface area contributed by atoms with Gasteiger partial charge in [-0.15, -0.1) is 0 Å². The van der Waals surface area contributed by atoms with Crippen molar-refractivity contribution < 1.29 is 8.42 Å². The summed E-state index contributed by atoms with van der Waals surface area (Å²) in [6, 6.07) is 3.05. The smallest absolute Gasteiger partial charge is 0.240 e. The zero-order chi connectivity index (χ0) is 11.6. The van der Waals surface area contributed by atoms with Crippen LogP contribution in [0.25, 0.3) is 0 Å². The molecular formula is C10H15N3O2S. The van der Waals surface area contributed by atoms with Crippen molar-refractivity contribution in [2.75, 3.05) is 0 Å². The summed E-state index contributed by atoms with van der Waals surface area (Å²) in [7, 11) is -3.41. The number of hydrogen-bond acceptors (Lipinski definition) is 4. The number of nitrogens with one attached hydrogen (secondary N) is 1. The number of nitrogens with two attached hydrogens (primary N) is 1. The first kappa shape index (κ1) is 11.5. The molecule has 1 heterocycles. The van der Waals surface area contributed by atoms with Crippen molar-refractivity contribution in [1.82, 2.24) is 9.71 Å². The quantitative estimate of drug-likeness (QED) is 0.794. The topological polar surface area (TPSA) is 85.1 Å². The zero-order valence-corrected chi connectivity index (χ0v) is 9.65. The Morgan fingerprint density at radius 3 is 2.56 bits per heavy atom. The van der Waals surface area contributed by atoms with Crippen molar-refractivity contribution in [2.45, 2.75) is 36.2 Å². The molecule has 2 rings (SSSR count). The SMILES string of the molecule is NC1CCC(NS(=O)(=O)c2ccncc2)C1. The van der Waals surface area contributed by atoms with Gasteiger partial charge in [0, 0.05) is 24.5 Å². The van der Waals surface area contributed by atoms with E-state index in [1.807, 2.05) is 0 Å². The third-order valence-electron chi connectivity index (χ3n) is 2.76. The second-order valence-electron chi connectivity index (χ2n) is 4.07. The van der Waals surface area contributed by atoms with E-state index in [2.05, 4.69) is 9.71 Å². The monoisotopic (exact) mass is 241 g/mol. The maximum absolute atomic E-state index is 11.9. The summed E-state index contributed by atoms with van der Waals surface area (Å²) < 4.78 is 26.5. The fraction of sp³-hybridized carbons (Fsp3) is 0.500. The number of rotatable bonds is 3. The van der Waals surface area contributed by atoms with Gasteiger partial charge in [0.1, 0.15) is 0 Å². The molecule has 1 aromatic heterocycles. The summed E-state index contributed by atoms with van der Waals surface area (Å²) in [5, 5.41) is 0. The molecule has 1 aliphatic carbocycles. The predicted octanol–water partition coefficient (Wildman–Crippen LogP) is 0.240. The van der Waals surface area contributed by atoms with Crippen LogP contribution in [0.1, 0.15) is 19.3 Å². The van der Waals surface area contributed by atoms with Crippen LogP contribution in [0.2, 0.25) is 0 Å². The van der Waals surface area contributed by atoms with Crippen LogP contribution in [0, 0.1) is 0 Å². The normalized spacial score (nSPS) is 25.8. The molecule has 0 aromatic carbocycles. The lowest BCUT2D eigenvalue weighted by atomic mass is 10.2. The molecule has 3 N–H and O–H groups in total. The van der Waals surface area contributed by atoms with Gasteiger partial charge in [0.2, 0.25) is 10.0 Å². The average molecular weight is 241 g/mol. The van der Waals surface area contributed by atoms with Gasteiger partial charge in [0.05, 0.1) is 4.90 Å². The molecular weight excluding hydrogens is 226 g/mol. The van der Waals surface area contributed by atoms with Crippen molar-refractivity contribution in [3.63, 3.8) is 0 Å². The summed E-state index contributed by atoms with van der Waals surface area (Å²) in [6.45, 7) is 0. The highest BCUT2D eigenvalue weighted by molar-refractivity contribution is 7.89. The van der Waals surface area contributed by atoms with Gasteiger partial charge < -0.3 is 5.73 Å². The minimum absolute atomic E-state index is 0.0341. The van der Waals surface area contributed by atoms with E-state index >= 15 is 0 Å². The fourth-order valence-electron chi connectivity index (χ4n) is 1.93. The first-order valence-corrected chi connectivity index (χ1v) is 6.74. The van der Waals surface area contributed by atoms with Crippen LogP contribution in [0.5, 0.6) is 0 Å². The minimum atomic E-state index is -3.41. The van der Waals surface area contributed by atoms with Crippen molar-refractivity contribution in [3.8, 4) is 0 Å². The third-order valence-corrected chi connectivity index (χ3v) is 4.29. The Morgan fingerprint density at radius 2 is 2.00 bits per heavy atom. The molecule has 1 aliphatic rings. The minimum Gasteiger partial charge on any atom is -0.328 e. The Labute approximate surface area is 95.1 Å². The molecule has 16 heavy (non-hydrogen) atoms. The van der Waals surface area contributed by atoms with Crippen LogP contribution < -0.4 is 10.5 Å². The standard InChI is InChI=1S/C10H15N3O2S/c11-8-1-2-9(7-8)13-16(14,15)10-3-5-12-6-4-10/h3-6,8-9,13H,1-2,7,11H2. The highest BCUT2D eigenvalue weighted by Gasteiger charge is 2.26. The van der Waals surface area contributed by atoms with Gasteiger partial charge in [0.25, 0.3) is 0 Å². The Balaban J connectivity index is 2.09. The number of sulfonamides is 1. The Morgan fingerprint density at radius 1 is 1.31 bits per heavy atom. The van der Waals surface area contributed by atoms with Gasteiger partial charge in [-0.25, -0.2) is 13.1 Å². The Bertz CT molecular complexity index is 446. The summed E-state index contributed by atoms with van der Waals surface area (Å²) in [4.78, 5) is 4.04. The van der Waals surface area contributed by atoms with Crippen LogP contribution in [0.15, 0.2) is 29.4 Å². The second kappa shape index (κ2) is 4.48. The van der Waals surface area contributed by atoms with E-state index in [0.717, 1.165) is 12.8 Å². The van der Waals surface area contributed by atoms with E-state index < -0.39 is 10.0 Å². The van der Waals surface area contributed by atoms with Crippen LogP contribution in [-0.4, -0.2) is 25.5 Å². The zero-order valence-electron chi connectivity index (χ0n) is 8.83. The largest absolute Gasteiger partial charge is 0.328 e. The summed E-state index contributed by atoms with van der Waals surface area (Å²) in [5.41, 5.74) is 5.74. The predicted molar refractivity (Wildman–Crippen MR) is 60.2 cm³/mol. The molecule has 2 atom stereocenters. The van der Waals surface area contributed by atoms with Gasteiger partial charge in [0.15, 0.2) is 0 Å². The number of aromatic nitrogens is 1. The van der Waals surface area contributed by atoms with Gasteiger partial charge in [-0.3, -0.25) is 4.98 Å². The molecule has 5 nitrogen and oxygen atoms in total. The molecule has 1 saturated carbocycles. The lowest BCUT2D eigenvalue weighted by Crippen LogP contribution is -2.34. The Kier molecular flexibility index (Phi) is 3.22. The van der Waals surface area contributed by atoms with E-state index in [9.17, 15) is 8.42 Å². The maximum atomic E-state index is 11.9. The van der Waals surface area contributed by atoms with E-state index in [4.69, 9.17) is 5.73 Å². The van der Waals surface area contributed by atoms with E-state index in [0.29, 0.717) is 6.42 Å². The highest BCUT2D eigenvalue weighted by atomic mass is 32.2. The third kappa shape index (κ3) is 2.58. The van der Waals surface area contributed by atoms with Crippen LogP contribution in [0.4, 0.5) is 0 Å². The molecule has 2 unspecified atom stereocenters. The first-order valence-electron chi connectivity index (χ1n) is 5.26. The van der Waals surface area contributed by atoms with E-state index in [1.54, 1.807) is 0 Å². The second-order valence-corrected chi connectivity index (χ2v) is 5.79. The van der Waals surface area contributed by atoms with Gasteiger partial charge >= 0.3 is 0 Å². The van der Waals surface area contributed by atoms with Gasteiger partial charge in [-0.05, 0) is 31.4 Å². The lowest BCUT2D eigenvalue weighted by molar-refractivity contribution is 0.548. The molecule has 0 spiro atoms. The molecule has 6 heteroatoms. The van der Waals surface area contributed by atoms with Crippen molar-refractivity contribution in [3.05, 3.63) is 24.5 Å². The number of hydrogen-bond donors (Lipinski definition) is 2. The van der Waals surface area contributed by atoms with Crippen LogP contribution in [-0.2, 0) is 10.0 Å². The highest BCUT2D eigenvalue weighted by Crippen LogP contribution is 2.19. The molecule has 88 valence electrons. The summed E-state index contributed by atoms with van der Waals surface area (Å²) in [6.07, 6.45) is 5.34. The van der Waals surface area contributed by atoms with E-state index in [-0.39, 0.29) is 17.0 Å². The van der Waals surface area contributed by atoms with E-state index in [1.165, 1.54) is 24.5 Å². The van der Waals surface area contributed by atoms with Gasteiger partial charge in [-0.2, -0.15) is 0 Å². The molecule has 1 aromatic rings.